The third kappa shape index (κ3) is 4.54. The lowest BCUT2D eigenvalue weighted by Gasteiger charge is -2.09. The van der Waals surface area contributed by atoms with E-state index in [0.717, 1.165) is 25.4 Å². The third-order valence-corrected chi connectivity index (χ3v) is 2.94. The maximum absolute atomic E-state index is 5.70. The molecule has 1 saturated heterocycles. The van der Waals surface area contributed by atoms with Crippen LogP contribution < -0.4 is 10.1 Å². The Morgan fingerprint density at radius 3 is 2.65 bits per heavy atom. The number of rotatable bonds is 5. The zero-order valence-corrected chi connectivity index (χ0v) is 11.0. The summed E-state index contributed by atoms with van der Waals surface area (Å²) in [6, 6.07) is 8.03. The van der Waals surface area contributed by atoms with Gasteiger partial charge in [0.25, 0.3) is 0 Å². The highest BCUT2D eigenvalue weighted by Crippen LogP contribution is 2.13. The fourth-order valence-corrected chi connectivity index (χ4v) is 1.92. The first-order valence-corrected chi connectivity index (χ1v) is 5.80. The van der Waals surface area contributed by atoms with Crippen LogP contribution in [0.25, 0.3) is 0 Å². The third-order valence-electron chi connectivity index (χ3n) is 2.94. The molecule has 2 rings (SSSR count). The summed E-state index contributed by atoms with van der Waals surface area (Å²) in [4.78, 5) is 0. The van der Waals surface area contributed by atoms with Crippen LogP contribution in [0.3, 0.4) is 0 Å². The second kappa shape index (κ2) is 7.54. The van der Waals surface area contributed by atoms with Crippen molar-refractivity contribution in [1.29, 1.82) is 0 Å². The van der Waals surface area contributed by atoms with Gasteiger partial charge in [-0.1, -0.05) is 12.1 Å². The average Bonchev–Trinajstić information content (AvgIpc) is 2.83. The van der Waals surface area contributed by atoms with Crippen LogP contribution in [0.15, 0.2) is 24.3 Å². The molecule has 0 aliphatic carbocycles. The minimum absolute atomic E-state index is 0. The largest absolute Gasteiger partial charge is 0.497 e. The van der Waals surface area contributed by atoms with Gasteiger partial charge < -0.3 is 14.8 Å². The number of benzene rings is 1. The molecule has 17 heavy (non-hydrogen) atoms. The topological polar surface area (TPSA) is 30.5 Å². The van der Waals surface area contributed by atoms with Gasteiger partial charge in [0, 0.05) is 6.54 Å². The summed E-state index contributed by atoms with van der Waals surface area (Å²) in [5, 5.41) is 3.34. The van der Waals surface area contributed by atoms with Crippen LogP contribution in [0.2, 0.25) is 0 Å². The number of hydrogen-bond donors (Lipinski definition) is 1. The van der Waals surface area contributed by atoms with E-state index in [1.54, 1.807) is 7.11 Å². The van der Waals surface area contributed by atoms with Crippen LogP contribution >= 0.6 is 12.4 Å². The molecule has 3 nitrogen and oxygen atoms in total. The molecule has 0 amide bonds. The minimum Gasteiger partial charge on any atom is -0.497 e. The van der Waals surface area contributed by atoms with Crippen molar-refractivity contribution in [2.24, 2.45) is 5.92 Å². The first kappa shape index (κ1) is 14.3. The molecule has 1 aromatic carbocycles. The van der Waals surface area contributed by atoms with Gasteiger partial charge in [0.05, 0.1) is 20.3 Å². The molecule has 0 bridgehead atoms. The summed E-state index contributed by atoms with van der Waals surface area (Å²) in [7, 11) is 1.68. The van der Waals surface area contributed by atoms with E-state index in [2.05, 4.69) is 5.32 Å². The first-order valence-electron chi connectivity index (χ1n) is 5.80. The predicted molar refractivity (Wildman–Crippen MR) is 70.9 cm³/mol. The first-order chi connectivity index (χ1) is 7.88. The van der Waals surface area contributed by atoms with E-state index in [-0.39, 0.29) is 12.4 Å². The Balaban J connectivity index is 0.00000144. The van der Waals surface area contributed by atoms with E-state index >= 15 is 0 Å². The monoisotopic (exact) mass is 257 g/mol. The van der Waals surface area contributed by atoms with E-state index in [0.29, 0.717) is 12.5 Å². The summed E-state index contributed by atoms with van der Waals surface area (Å²) in [5.74, 6) is 1.59. The Labute approximate surface area is 109 Å². The number of methoxy groups -OCH3 is 1. The molecule has 1 aliphatic rings. The van der Waals surface area contributed by atoms with Crippen molar-refractivity contribution in [2.45, 2.75) is 13.0 Å². The molecule has 1 aliphatic heterocycles. The van der Waals surface area contributed by atoms with E-state index in [4.69, 9.17) is 9.47 Å². The van der Waals surface area contributed by atoms with Crippen molar-refractivity contribution in [3.8, 4) is 5.75 Å². The smallest absolute Gasteiger partial charge is 0.118 e. The maximum Gasteiger partial charge on any atom is 0.118 e. The van der Waals surface area contributed by atoms with Gasteiger partial charge in [-0.05, 0) is 36.6 Å². The highest BCUT2D eigenvalue weighted by molar-refractivity contribution is 5.85. The zero-order valence-electron chi connectivity index (χ0n) is 10.1. The van der Waals surface area contributed by atoms with Crippen molar-refractivity contribution in [1.82, 2.24) is 5.32 Å². The summed E-state index contributed by atoms with van der Waals surface area (Å²) in [5.41, 5.74) is 1.20. The molecular weight excluding hydrogens is 238 g/mol. The van der Waals surface area contributed by atoms with Gasteiger partial charge >= 0.3 is 0 Å². The molecule has 1 fully saturated rings. The molecule has 0 aromatic heterocycles. The van der Waals surface area contributed by atoms with Crippen LogP contribution in [-0.4, -0.2) is 26.8 Å². The lowest BCUT2D eigenvalue weighted by Crippen LogP contribution is -2.13. The highest BCUT2D eigenvalue weighted by Gasteiger charge is 2.13. The Hall–Kier alpha value is -0.770. The molecule has 0 saturated carbocycles. The van der Waals surface area contributed by atoms with E-state index in [1.165, 1.54) is 12.0 Å². The molecule has 1 N–H and O–H groups in total. The summed E-state index contributed by atoms with van der Waals surface area (Å²) < 4.78 is 10.8. The maximum atomic E-state index is 5.70. The highest BCUT2D eigenvalue weighted by atomic mass is 35.5. The van der Waals surface area contributed by atoms with Crippen LogP contribution in [0.1, 0.15) is 12.0 Å². The molecule has 4 heteroatoms. The number of nitrogens with one attached hydrogen (secondary N) is 1. The van der Waals surface area contributed by atoms with Crippen LogP contribution in [0, 0.1) is 5.92 Å². The Morgan fingerprint density at radius 1 is 1.29 bits per heavy atom. The molecule has 96 valence electrons. The SMILES string of the molecule is COc1ccc(COCC2CCNC2)cc1.Cl. The molecule has 1 heterocycles. The zero-order chi connectivity index (χ0) is 11.2. The molecule has 1 aromatic rings. The number of hydrogen-bond acceptors (Lipinski definition) is 3. The fraction of sp³-hybridized carbons (Fsp3) is 0.538. The van der Waals surface area contributed by atoms with Crippen molar-refractivity contribution in [3.63, 3.8) is 0 Å². The van der Waals surface area contributed by atoms with Crippen LogP contribution in [-0.2, 0) is 11.3 Å². The van der Waals surface area contributed by atoms with Gasteiger partial charge in [-0.15, -0.1) is 12.4 Å². The quantitative estimate of drug-likeness (QED) is 0.878. The molecule has 1 unspecified atom stereocenters. The predicted octanol–water partition coefficient (Wildman–Crippen LogP) is 2.24. The minimum atomic E-state index is 0. The van der Waals surface area contributed by atoms with E-state index in [1.807, 2.05) is 24.3 Å². The summed E-state index contributed by atoms with van der Waals surface area (Å²) in [6.45, 7) is 3.79. The van der Waals surface area contributed by atoms with E-state index in [9.17, 15) is 0 Å². The molecule has 0 radical (unpaired) electrons. The summed E-state index contributed by atoms with van der Waals surface area (Å²) >= 11 is 0. The van der Waals surface area contributed by atoms with Crippen molar-refractivity contribution in [3.05, 3.63) is 29.8 Å². The van der Waals surface area contributed by atoms with E-state index < -0.39 is 0 Å². The van der Waals surface area contributed by atoms with Crippen LogP contribution in [0.5, 0.6) is 5.75 Å². The Morgan fingerprint density at radius 2 is 2.06 bits per heavy atom. The normalized spacial score (nSPS) is 18.8. The van der Waals surface area contributed by atoms with Gasteiger partial charge in [0.2, 0.25) is 0 Å². The lowest BCUT2D eigenvalue weighted by molar-refractivity contribution is 0.0924. The van der Waals surface area contributed by atoms with Crippen molar-refractivity contribution >= 4 is 12.4 Å². The number of ether oxygens (including phenoxy) is 2. The van der Waals surface area contributed by atoms with Gasteiger partial charge in [-0.2, -0.15) is 0 Å². The van der Waals surface area contributed by atoms with Crippen molar-refractivity contribution < 1.29 is 9.47 Å². The second-order valence-corrected chi connectivity index (χ2v) is 4.22. The molecular formula is C13H20ClNO2. The van der Waals surface area contributed by atoms with Gasteiger partial charge in [-0.25, -0.2) is 0 Å². The lowest BCUT2D eigenvalue weighted by atomic mass is 10.1. The second-order valence-electron chi connectivity index (χ2n) is 4.22. The fourth-order valence-electron chi connectivity index (χ4n) is 1.92. The summed E-state index contributed by atoms with van der Waals surface area (Å²) in [6.07, 6.45) is 1.24. The average molecular weight is 258 g/mol. The van der Waals surface area contributed by atoms with Gasteiger partial charge in [0.15, 0.2) is 0 Å². The standard InChI is InChI=1S/C13H19NO2.ClH/c1-15-13-4-2-11(3-5-13)9-16-10-12-6-7-14-8-12;/h2-5,12,14H,6-10H2,1H3;1H. The van der Waals surface area contributed by atoms with Gasteiger partial charge in [0.1, 0.15) is 5.75 Å². The van der Waals surface area contributed by atoms with Crippen molar-refractivity contribution in [2.75, 3.05) is 26.8 Å². The van der Waals surface area contributed by atoms with Gasteiger partial charge in [-0.3, -0.25) is 0 Å². The number of halogens is 1. The molecule has 0 spiro atoms. The Bertz CT molecular complexity index is 310. The Kier molecular flexibility index (Phi) is 6.34. The molecule has 1 atom stereocenters. The van der Waals surface area contributed by atoms with Crippen LogP contribution in [0.4, 0.5) is 0 Å².